The normalized spacial score (nSPS) is 26.2. The van der Waals surface area contributed by atoms with Crippen LogP contribution >= 0.6 is 0 Å². The molecule has 2 fully saturated rings. The molecule has 2 saturated heterocycles. The largest absolute Gasteiger partial charge is 0.295 e. The summed E-state index contributed by atoms with van der Waals surface area (Å²) in [5.41, 5.74) is 0. The Bertz CT molecular complexity index is 344. The second-order valence-electron chi connectivity index (χ2n) is 6.13. The van der Waals surface area contributed by atoms with Crippen molar-refractivity contribution in [3.8, 4) is 0 Å². The molecule has 23 heavy (non-hydrogen) atoms. The van der Waals surface area contributed by atoms with Crippen LogP contribution in [-0.4, -0.2) is 35.8 Å². The SMILES string of the molecule is CC.CC.CCCC(C)C1CCCN(C2CCC(=O)NC2=O)C1. The number of carbonyl (C=O) groups excluding carboxylic acids is 2. The van der Waals surface area contributed by atoms with Gasteiger partial charge >= 0.3 is 0 Å². The maximum atomic E-state index is 11.9. The smallest absolute Gasteiger partial charge is 0.243 e. The van der Waals surface area contributed by atoms with Crippen molar-refractivity contribution >= 4 is 11.8 Å². The molecule has 0 bridgehead atoms. The van der Waals surface area contributed by atoms with Crippen molar-refractivity contribution in [2.75, 3.05) is 13.1 Å². The lowest BCUT2D eigenvalue weighted by Gasteiger charge is -2.40. The van der Waals surface area contributed by atoms with E-state index in [0.717, 1.165) is 19.0 Å². The number of amides is 2. The average molecular weight is 327 g/mol. The molecule has 2 aliphatic rings. The molecular formula is C19H38N2O2. The molecule has 4 heteroatoms. The molecule has 2 aliphatic heterocycles. The highest BCUT2D eigenvalue weighted by atomic mass is 16.2. The summed E-state index contributed by atoms with van der Waals surface area (Å²) in [6, 6.07) is -0.0747. The van der Waals surface area contributed by atoms with Gasteiger partial charge in [0.05, 0.1) is 6.04 Å². The molecule has 2 amide bonds. The number of rotatable bonds is 4. The zero-order valence-electron chi connectivity index (χ0n) is 16.2. The molecule has 0 aromatic heterocycles. The predicted molar refractivity (Wildman–Crippen MR) is 97.2 cm³/mol. The van der Waals surface area contributed by atoms with Gasteiger partial charge in [0.1, 0.15) is 0 Å². The number of nitrogens with zero attached hydrogens (tertiary/aromatic N) is 1. The summed E-state index contributed by atoms with van der Waals surface area (Å²) < 4.78 is 0. The van der Waals surface area contributed by atoms with Gasteiger partial charge in [0, 0.05) is 13.0 Å². The van der Waals surface area contributed by atoms with Crippen LogP contribution in [-0.2, 0) is 9.59 Å². The minimum absolute atomic E-state index is 0.0747. The minimum Gasteiger partial charge on any atom is -0.295 e. The van der Waals surface area contributed by atoms with Crippen molar-refractivity contribution in [2.24, 2.45) is 11.8 Å². The zero-order valence-corrected chi connectivity index (χ0v) is 16.2. The molecule has 2 heterocycles. The van der Waals surface area contributed by atoms with E-state index in [1.54, 1.807) is 0 Å². The van der Waals surface area contributed by atoms with Crippen LogP contribution < -0.4 is 5.32 Å². The first-order valence-corrected chi connectivity index (χ1v) is 9.69. The fourth-order valence-corrected chi connectivity index (χ4v) is 3.51. The fraction of sp³-hybridized carbons (Fsp3) is 0.895. The van der Waals surface area contributed by atoms with E-state index in [-0.39, 0.29) is 17.9 Å². The highest BCUT2D eigenvalue weighted by Gasteiger charge is 2.35. The van der Waals surface area contributed by atoms with E-state index in [0.29, 0.717) is 18.8 Å². The van der Waals surface area contributed by atoms with Crippen LogP contribution in [0.15, 0.2) is 0 Å². The van der Waals surface area contributed by atoms with Crippen LogP contribution in [0.3, 0.4) is 0 Å². The predicted octanol–water partition coefficient (Wildman–Crippen LogP) is 3.99. The number of hydrogen-bond donors (Lipinski definition) is 1. The molecule has 3 unspecified atom stereocenters. The van der Waals surface area contributed by atoms with Gasteiger partial charge in [-0.1, -0.05) is 54.4 Å². The lowest BCUT2D eigenvalue weighted by Crippen LogP contribution is -2.55. The van der Waals surface area contributed by atoms with E-state index >= 15 is 0 Å². The summed E-state index contributed by atoms with van der Waals surface area (Å²) in [7, 11) is 0. The molecule has 136 valence electrons. The molecule has 3 atom stereocenters. The zero-order chi connectivity index (χ0) is 17.8. The summed E-state index contributed by atoms with van der Waals surface area (Å²) in [4.78, 5) is 25.4. The first-order chi connectivity index (χ1) is 11.1. The van der Waals surface area contributed by atoms with Crippen molar-refractivity contribution in [3.63, 3.8) is 0 Å². The third-order valence-corrected chi connectivity index (χ3v) is 4.69. The first kappa shape index (κ1) is 22.1. The van der Waals surface area contributed by atoms with E-state index in [1.165, 1.54) is 25.7 Å². The van der Waals surface area contributed by atoms with Crippen molar-refractivity contribution in [1.29, 1.82) is 0 Å². The van der Waals surface area contributed by atoms with Gasteiger partial charge in [0.2, 0.25) is 11.8 Å². The lowest BCUT2D eigenvalue weighted by molar-refractivity contribution is -0.138. The van der Waals surface area contributed by atoms with Crippen molar-refractivity contribution in [2.45, 2.75) is 86.1 Å². The minimum atomic E-state index is -0.117. The van der Waals surface area contributed by atoms with Gasteiger partial charge in [-0.15, -0.1) is 0 Å². The Morgan fingerprint density at radius 2 is 1.83 bits per heavy atom. The van der Waals surface area contributed by atoms with Crippen LogP contribution in [0.25, 0.3) is 0 Å². The number of likely N-dealkylation sites (tertiary alicyclic amines) is 1. The lowest BCUT2D eigenvalue weighted by atomic mass is 9.83. The van der Waals surface area contributed by atoms with E-state index in [9.17, 15) is 9.59 Å². The Balaban J connectivity index is 0.00000112. The highest BCUT2D eigenvalue weighted by molar-refractivity contribution is 6.00. The van der Waals surface area contributed by atoms with Crippen LogP contribution in [0.4, 0.5) is 0 Å². The van der Waals surface area contributed by atoms with Crippen LogP contribution in [0.1, 0.15) is 80.1 Å². The van der Waals surface area contributed by atoms with Gasteiger partial charge < -0.3 is 0 Å². The van der Waals surface area contributed by atoms with E-state index < -0.39 is 0 Å². The summed E-state index contributed by atoms with van der Waals surface area (Å²) in [6.45, 7) is 14.6. The van der Waals surface area contributed by atoms with Crippen LogP contribution in [0, 0.1) is 11.8 Å². The Hall–Kier alpha value is -0.900. The highest BCUT2D eigenvalue weighted by Crippen LogP contribution is 2.29. The second kappa shape index (κ2) is 12.5. The van der Waals surface area contributed by atoms with Crippen LogP contribution in [0.5, 0.6) is 0 Å². The number of carbonyl (C=O) groups is 2. The third kappa shape index (κ3) is 7.03. The maximum absolute atomic E-state index is 11.9. The first-order valence-electron chi connectivity index (χ1n) is 9.69. The Morgan fingerprint density at radius 1 is 1.17 bits per heavy atom. The molecule has 0 aromatic rings. The monoisotopic (exact) mass is 326 g/mol. The maximum Gasteiger partial charge on any atom is 0.243 e. The van der Waals surface area contributed by atoms with Crippen molar-refractivity contribution in [3.05, 3.63) is 0 Å². The number of imide groups is 1. The van der Waals surface area contributed by atoms with Gasteiger partial charge in [0.15, 0.2) is 0 Å². The van der Waals surface area contributed by atoms with Gasteiger partial charge in [-0.25, -0.2) is 0 Å². The Kier molecular flexibility index (Phi) is 12.0. The number of hydrogen-bond acceptors (Lipinski definition) is 3. The Morgan fingerprint density at radius 3 is 2.39 bits per heavy atom. The molecular weight excluding hydrogens is 288 g/mol. The van der Waals surface area contributed by atoms with E-state index in [2.05, 4.69) is 24.1 Å². The van der Waals surface area contributed by atoms with Crippen molar-refractivity contribution < 1.29 is 9.59 Å². The van der Waals surface area contributed by atoms with Crippen LogP contribution in [0.2, 0.25) is 0 Å². The molecule has 0 aromatic carbocycles. The van der Waals surface area contributed by atoms with Crippen molar-refractivity contribution in [1.82, 2.24) is 10.2 Å². The van der Waals surface area contributed by atoms with Gasteiger partial charge in [-0.3, -0.25) is 19.8 Å². The standard InChI is InChI=1S/C15H26N2O2.2C2H6/c1-3-5-11(2)12-6-4-9-17(10-12)13-7-8-14(18)16-15(13)19;2*1-2/h11-13H,3-10H2,1-2H3,(H,16,18,19);2*1-2H3. The third-order valence-electron chi connectivity index (χ3n) is 4.69. The van der Waals surface area contributed by atoms with Gasteiger partial charge in [0.25, 0.3) is 0 Å². The summed E-state index contributed by atoms with van der Waals surface area (Å²) in [5.74, 6) is 1.24. The number of piperidine rings is 2. The summed E-state index contributed by atoms with van der Waals surface area (Å²) in [6.07, 6.45) is 6.15. The molecule has 0 aliphatic carbocycles. The van der Waals surface area contributed by atoms with E-state index in [4.69, 9.17) is 0 Å². The molecule has 1 N–H and O–H groups in total. The van der Waals surface area contributed by atoms with Gasteiger partial charge in [-0.05, 0) is 37.6 Å². The quantitative estimate of drug-likeness (QED) is 0.795. The fourth-order valence-electron chi connectivity index (χ4n) is 3.51. The summed E-state index contributed by atoms with van der Waals surface area (Å²) >= 11 is 0. The molecule has 4 nitrogen and oxygen atoms in total. The summed E-state index contributed by atoms with van der Waals surface area (Å²) in [5, 5.41) is 2.48. The van der Waals surface area contributed by atoms with Gasteiger partial charge in [-0.2, -0.15) is 0 Å². The topological polar surface area (TPSA) is 49.4 Å². The van der Waals surface area contributed by atoms with E-state index in [1.807, 2.05) is 27.7 Å². The Labute approximate surface area is 143 Å². The number of nitrogens with one attached hydrogen (secondary N) is 1. The second-order valence-corrected chi connectivity index (χ2v) is 6.13. The molecule has 0 radical (unpaired) electrons. The molecule has 0 spiro atoms. The average Bonchev–Trinajstić information content (AvgIpc) is 2.59. The molecule has 0 saturated carbocycles. The molecule has 2 rings (SSSR count).